The van der Waals surface area contributed by atoms with Crippen molar-refractivity contribution < 1.29 is 4.79 Å². The molecule has 1 fully saturated rings. The molecule has 0 bridgehead atoms. The van der Waals surface area contributed by atoms with Crippen LogP contribution in [0.15, 0.2) is 18.2 Å². The molecule has 0 radical (unpaired) electrons. The summed E-state index contributed by atoms with van der Waals surface area (Å²) in [6, 6.07) is 6.38. The van der Waals surface area contributed by atoms with E-state index in [1.807, 2.05) is 19.1 Å². The molecular formula is C17H26N2O. The minimum absolute atomic E-state index is 0.101. The van der Waals surface area contributed by atoms with Gasteiger partial charge in [0.15, 0.2) is 0 Å². The molecule has 0 aromatic heterocycles. The van der Waals surface area contributed by atoms with Gasteiger partial charge in [-0.3, -0.25) is 4.79 Å². The highest BCUT2D eigenvalue weighted by molar-refractivity contribution is 5.92. The van der Waals surface area contributed by atoms with E-state index in [0.29, 0.717) is 18.3 Å². The Kier molecular flexibility index (Phi) is 4.81. The van der Waals surface area contributed by atoms with Crippen LogP contribution < -0.4 is 11.1 Å². The molecule has 2 rings (SSSR count). The third kappa shape index (κ3) is 3.40. The first-order valence-corrected chi connectivity index (χ1v) is 7.64. The van der Waals surface area contributed by atoms with Crippen molar-refractivity contribution in [2.45, 2.75) is 58.4 Å². The normalized spacial score (nSPS) is 22.2. The van der Waals surface area contributed by atoms with Gasteiger partial charge in [0.1, 0.15) is 0 Å². The first kappa shape index (κ1) is 15.0. The Morgan fingerprint density at radius 2 is 2.15 bits per heavy atom. The summed E-state index contributed by atoms with van der Waals surface area (Å²) in [5.74, 6) is 0.851. The van der Waals surface area contributed by atoms with E-state index < -0.39 is 0 Å². The zero-order chi connectivity index (χ0) is 14.7. The number of carbonyl (C=O) groups is 1. The Balaban J connectivity index is 2.07. The Hall–Kier alpha value is -1.35. The third-order valence-electron chi connectivity index (χ3n) is 4.36. The summed E-state index contributed by atoms with van der Waals surface area (Å²) >= 11 is 0. The van der Waals surface area contributed by atoms with Crippen molar-refractivity contribution in [1.82, 2.24) is 0 Å². The highest BCUT2D eigenvalue weighted by Crippen LogP contribution is 2.30. The number of aryl methyl sites for hydroxylation is 1. The predicted octanol–water partition coefficient (Wildman–Crippen LogP) is 3.57. The number of nitrogens with two attached hydrogens (primary N) is 1. The molecule has 20 heavy (non-hydrogen) atoms. The molecule has 3 heteroatoms. The molecule has 0 unspecified atom stereocenters. The van der Waals surface area contributed by atoms with Gasteiger partial charge < -0.3 is 11.1 Å². The third-order valence-corrected chi connectivity index (χ3v) is 4.36. The van der Waals surface area contributed by atoms with Crippen LogP contribution in [0.25, 0.3) is 0 Å². The summed E-state index contributed by atoms with van der Waals surface area (Å²) in [5.41, 5.74) is 9.36. The summed E-state index contributed by atoms with van der Waals surface area (Å²) in [7, 11) is 0. The average Bonchev–Trinajstić information content (AvgIpc) is 2.77. The monoisotopic (exact) mass is 274 g/mol. The van der Waals surface area contributed by atoms with Crippen molar-refractivity contribution in [2.75, 3.05) is 5.32 Å². The fraction of sp³-hybridized carbons (Fsp3) is 0.588. The maximum absolute atomic E-state index is 12.3. The molecule has 0 aliphatic heterocycles. The van der Waals surface area contributed by atoms with E-state index in [0.717, 1.165) is 30.5 Å². The first-order valence-electron chi connectivity index (χ1n) is 7.64. The molecular weight excluding hydrogens is 248 g/mol. The number of carbonyl (C=O) groups excluding carboxylic acids is 1. The van der Waals surface area contributed by atoms with Gasteiger partial charge in [-0.15, -0.1) is 0 Å². The second-order valence-corrected chi connectivity index (χ2v) is 6.30. The molecule has 0 heterocycles. The molecule has 1 aromatic carbocycles. The lowest BCUT2D eigenvalue weighted by Gasteiger charge is -2.19. The molecule has 0 spiro atoms. The van der Waals surface area contributed by atoms with E-state index in [4.69, 9.17) is 5.73 Å². The number of amides is 1. The average molecular weight is 274 g/mol. The summed E-state index contributed by atoms with van der Waals surface area (Å²) < 4.78 is 0. The second-order valence-electron chi connectivity index (χ2n) is 6.30. The van der Waals surface area contributed by atoms with Gasteiger partial charge in [0.25, 0.3) is 0 Å². The molecule has 1 aliphatic rings. The van der Waals surface area contributed by atoms with Crippen LogP contribution in [0, 0.1) is 12.8 Å². The van der Waals surface area contributed by atoms with Crippen molar-refractivity contribution in [1.29, 1.82) is 0 Å². The minimum Gasteiger partial charge on any atom is -0.327 e. The summed E-state index contributed by atoms with van der Waals surface area (Å²) in [6.07, 6.45) is 3.84. The van der Waals surface area contributed by atoms with Crippen molar-refractivity contribution in [3.8, 4) is 0 Å². The van der Waals surface area contributed by atoms with Gasteiger partial charge in [0, 0.05) is 18.2 Å². The quantitative estimate of drug-likeness (QED) is 0.881. The van der Waals surface area contributed by atoms with Crippen LogP contribution in [0.1, 0.15) is 56.6 Å². The highest BCUT2D eigenvalue weighted by atomic mass is 16.1. The van der Waals surface area contributed by atoms with Gasteiger partial charge in [0.2, 0.25) is 5.91 Å². The molecule has 110 valence electrons. The number of anilines is 1. The second kappa shape index (κ2) is 6.40. The molecule has 3 nitrogen and oxygen atoms in total. The zero-order valence-corrected chi connectivity index (χ0v) is 12.8. The number of nitrogens with one attached hydrogen (secondary N) is 1. The lowest BCUT2D eigenvalue weighted by Crippen LogP contribution is -2.28. The molecule has 2 atom stereocenters. The van der Waals surface area contributed by atoms with Crippen LogP contribution in [0.3, 0.4) is 0 Å². The van der Waals surface area contributed by atoms with Crippen LogP contribution in [-0.2, 0) is 4.79 Å². The first-order chi connectivity index (χ1) is 9.49. The number of hydrogen-bond acceptors (Lipinski definition) is 2. The molecule has 1 aliphatic carbocycles. The topological polar surface area (TPSA) is 55.1 Å². The van der Waals surface area contributed by atoms with Gasteiger partial charge in [0.05, 0.1) is 0 Å². The number of benzene rings is 1. The van der Waals surface area contributed by atoms with Crippen molar-refractivity contribution in [3.05, 3.63) is 29.3 Å². The largest absolute Gasteiger partial charge is 0.327 e. The van der Waals surface area contributed by atoms with Gasteiger partial charge in [-0.25, -0.2) is 0 Å². The van der Waals surface area contributed by atoms with E-state index in [-0.39, 0.29) is 11.9 Å². The number of rotatable bonds is 4. The van der Waals surface area contributed by atoms with E-state index in [1.54, 1.807) is 0 Å². The van der Waals surface area contributed by atoms with Crippen LogP contribution in [0.4, 0.5) is 5.69 Å². The van der Waals surface area contributed by atoms with Gasteiger partial charge >= 0.3 is 0 Å². The number of hydrogen-bond donors (Lipinski definition) is 2. The lowest BCUT2D eigenvalue weighted by atomic mass is 9.97. The summed E-state index contributed by atoms with van der Waals surface area (Å²) in [5, 5.41) is 3.11. The van der Waals surface area contributed by atoms with Crippen molar-refractivity contribution in [2.24, 2.45) is 11.7 Å². The molecule has 0 saturated heterocycles. The molecule has 1 saturated carbocycles. The number of para-hydroxylation sites is 1. The Bertz CT molecular complexity index is 482. The van der Waals surface area contributed by atoms with Crippen LogP contribution in [0.5, 0.6) is 0 Å². The molecule has 3 N–H and O–H groups in total. The fourth-order valence-corrected chi connectivity index (χ4v) is 3.09. The SMILES string of the molecule is Cc1cccc(C(C)C)c1NC(=O)C[C@@H]1CCC[C@H]1N. The van der Waals surface area contributed by atoms with E-state index in [1.165, 1.54) is 5.56 Å². The predicted molar refractivity (Wildman–Crippen MR) is 83.8 cm³/mol. The zero-order valence-electron chi connectivity index (χ0n) is 12.8. The smallest absolute Gasteiger partial charge is 0.224 e. The van der Waals surface area contributed by atoms with Crippen LogP contribution >= 0.6 is 0 Å². The fourth-order valence-electron chi connectivity index (χ4n) is 3.09. The standard InChI is InChI=1S/C17H26N2O/c1-11(2)14-8-4-6-12(3)17(14)19-16(20)10-13-7-5-9-15(13)18/h4,6,8,11,13,15H,5,7,9-10,18H2,1-3H3,(H,19,20)/t13-,15+/m0/s1. The van der Waals surface area contributed by atoms with Gasteiger partial charge in [-0.1, -0.05) is 38.5 Å². The summed E-state index contributed by atoms with van der Waals surface area (Å²) in [6.45, 7) is 6.34. The highest BCUT2D eigenvalue weighted by Gasteiger charge is 2.26. The van der Waals surface area contributed by atoms with E-state index >= 15 is 0 Å². The maximum Gasteiger partial charge on any atom is 0.224 e. The maximum atomic E-state index is 12.3. The van der Waals surface area contributed by atoms with E-state index in [2.05, 4.69) is 25.2 Å². The van der Waals surface area contributed by atoms with Gasteiger partial charge in [-0.2, -0.15) is 0 Å². The Morgan fingerprint density at radius 3 is 2.75 bits per heavy atom. The van der Waals surface area contributed by atoms with Gasteiger partial charge in [-0.05, 0) is 42.7 Å². The van der Waals surface area contributed by atoms with Crippen LogP contribution in [0.2, 0.25) is 0 Å². The molecule has 1 aromatic rings. The van der Waals surface area contributed by atoms with Crippen molar-refractivity contribution in [3.63, 3.8) is 0 Å². The lowest BCUT2D eigenvalue weighted by molar-refractivity contribution is -0.117. The minimum atomic E-state index is 0.101. The van der Waals surface area contributed by atoms with E-state index in [9.17, 15) is 4.79 Å². The van der Waals surface area contributed by atoms with Crippen LogP contribution in [-0.4, -0.2) is 11.9 Å². The Labute approximate surface area is 121 Å². The molecule has 1 amide bonds. The summed E-state index contributed by atoms with van der Waals surface area (Å²) in [4.78, 5) is 12.3. The van der Waals surface area contributed by atoms with Crippen molar-refractivity contribution >= 4 is 11.6 Å². The Morgan fingerprint density at radius 1 is 1.40 bits per heavy atom.